The van der Waals surface area contributed by atoms with E-state index in [0.717, 1.165) is 7.11 Å². The lowest BCUT2D eigenvalue weighted by Gasteiger charge is -2.32. The largest absolute Gasteiger partial charge is 0.480 e. The third-order valence-corrected chi connectivity index (χ3v) is 4.65. The molecular weight excluding hydrogens is 374 g/mol. The first kappa shape index (κ1) is 20.4. The van der Waals surface area contributed by atoms with Crippen molar-refractivity contribution in [1.82, 2.24) is 9.97 Å². The van der Waals surface area contributed by atoms with Gasteiger partial charge in [-0.05, 0) is 19.4 Å². The monoisotopic (exact) mass is 393 g/mol. The summed E-state index contributed by atoms with van der Waals surface area (Å²) in [6, 6.07) is 7.62. The van der Waals surface area contributed by atoms with Crippen LogP contribution in [-0.2, 0) is 14.3 Å². The van der Waals surface area contributed by atoms with Crippen molar-refractivity contribution in [2.24, 2.45) is 5.41 Å². The van der Waals surface area contributed by atoms with Crippen LogP contribution in [0.3, 0.4) is 0 Å². The quantitative estimate of drug-likeness (QED) is 0.545. The highest BCUT2D eigenvalue weighted by molar-refractivity contribution is 6.32. The lowest BCUT2D eigenvalue weighted by Crippen LogP contribution is -2.46. The second-order valence-corrected chi connectivity index (χ2v) is 6.32. The van der Waals surface area contributed by atoms with E-state index in [9.17, 15) is 14.7 Å². The Labute approximate surface area is 161 Å². The van der Waals surface area contributed by atoms with Crippen molar-refractivity contribution >= 4 is 29.5 Å². The maximum Gasteiger partial charge on any atom is 0.325 e. The van der Waals surface area contributed by atoms with Gasteiger partial charge in [0.25, 0.3) is 0 Å². The van der Waals surface area contributed by atoms with Crippen LogP contribution in [0.15, 0.2) is 30.3 Å². The van der Waals surface area contributed by atoms with Gasteiger partial charge in [0.05, 0.1) is 26.0 Å². The second kappa shape index (κ2) is 8.22. The number of carboxylic acids is 1. The molecule has 0 radical (unpaired) electrons. The fourth-order valence-electron chi connectivity index (χ4n) is 2.61. The maximum absolute atomic E-state index is 12.4. The summed E-state index contributed by atoms with van der Waals surface area (Å²) in [6.45, 7) is 2.94. The van der Waals surface area contributed by atoms with Gasteiger partial charge in [0.2, 0.25) is 11.8 Å². The molecule has 0 aliphatic heterocycles. The number of esters is 1. The lowest BCUT2D eigenvalue weighted by atomic mass is 9.78. The molecule has 1 aromatic carbocycles. The molecule has 0 saturated carbocycles. The number of benzene rings is 1. The van der Waals surface area contributed by atoms with Gasteiger partial charge in [-0.25, -0.2) is 4.98 Å². The third-order valence-electron chi connectivity index (χ3n) is 4.22. The van der Waals surface area contributed by atoms with Crippen LogP contribution in [0.25, 0.3) is 0 Å². The number of aromatic nitrogens is 2. The molecule has 9 heteroatoms. The van der Waals surface area contributed by atoms with Gasteiger partial charge in [-0.1, -0.05) is 41.9 Å². The van der Waals surface area contributed by atoms with Gasteiger partial charge < -0.3 is 19.9 Å². The van der Waals surface area contributed by atoms with E-state index in [2.05, 4.69) is 15.3 Å². The number of methoxy groups -OCH3 is 2. The highest BCUT2D eigenvalue weighted by atomic mass is 35.5. The Balaban J connectivity index is 2.60. The van der Waals surface area contributed by atoms with Crippen molar-refractivity contribution in [2.75, 3.05) is 19.5 Å². The van der Waals surface area contributed by atoms with Gasteiger partial charge in [-0.3, -0.25) is 9.59 Å². The first-order valence-corrected chi connectivity index (χ1v) is 8.34. The number of aliphatic carboxylic acids is 1. The summed E-state index contributed by atoms with van der Waals surface area (Å²) in [6.07, 6.45) is 0. The molecule has 0 spiro atoms. The van der Waals surface area contributed by atoms with Gasteiger partial charge >= 0.3 is 11.9 Å². The summed E-state index contributed by atoms with van der Waals surface area (Å²) in [4.78, 5) is 32.8. The van der Waals surface area contributed by atoms with E-state index in [1.54, 1.807) is 37.3 Å². The number of nitrogens with zero attached hydrogens (tertiary/aromatic N) is 2. The van der Waals surface area contributed by atoms with E-state index in [0.29, 0.717) is 11.3 Å². The van der Waals surface area contributed by atoms with E-state index >= 15 is 0 Å². The van der Waals surface area contributed by atoms with Crippen LogP contribution in [-0.4, -0.2) is 41.2 Å². The summed E-state index contributed by atoms with van der Waals surface area (Å²) >= 11 is 6.09. The summed E-state index contributed by atoms with van der Waals surface area (Å²) in [7, 11) is 2.54. The number of nitrogens with one attached hydrogen (secondary N) is 1. The summed E-state index contributed by atoms with van der Waals surface area (Å²) in [5.41, 5.74) is -0.962. The lowest BCUT2D eigenvalue weighted by molar-refractivity contribution is -0.166. The minimum absolute atomic E-state index is 0.0685. The molecule has 0 bridgehead atoms. The molecule has 0 amide bonds. The molecule has 2 atom stereocenters. The van der Waals surface area contributed by atoms with Crippen LogP contribution < -0.4 is 10.1 Å². The number of rotatable bonds is 7. The zero-order valence-corrected chi connectivity index (χ0v) is 16.1. The smallest absolute Gasteiger partial charge is 0.325 e. The van der Waals surface area contributed by atoms with Crippen molar-refractivity contribution in [3.8, 4) is 5.88 Å². The topological polar surface area (TPSA) is 111 Å². The number of ether oxygens (including phenoxy) is 2. The average Bonchev–Trinajstić information content (AvgIpc) is 2.67. The normalized spacial score (nSPS) is 14.0. The number of aryl methyl sites for hydroxylation is 1. The van der Waals surface area contributed by atoms with Crippen LogP contribution in [0.5, 0.6) is 5.88 Å². The van der Waals surface area contributed by atoms with Gasteiger partial charge in [-0.15, -0.1) is 0 Å². The molecule has 0 saturated heterocycles. The highest BCUT2D eigenvalue weighted by Crippen LogP contribution is 2.38. The number of carbonyl (C=O) groups excluding carboxylic acids is 1. The molecule has 27 heavy (non-hydrogen) atoms. The van der Waals surface area contributed by atoms with E-state index in [4.69, 9.17) is 21.1 Å². The number of hydrogen-bond donors (Lipinski definition) is 2. The molecule has 8 nitrogen and oxygen atoms in total. The second-order valence-electron chi connectivity index (χ2n) is 5.94. The van der Waals surface area contributed by atoms with Crippen LogP contribution in [0.1, 0.15) is 24.2 Å². The predicted octanol–water partition coefficient (Wildman–Crippen LogP) is 2.86. The van der Waals surface area contributed by atoms with Crippen LogP contribution in [0.4, 0.5) is 5.95 Å². The third kappa shape index (κ3) is 3.95. The number of hydrogen-bond acceptors (Lipinski definition) is 7. The fraction of sp³-hybridized carbons (Fsp3) is 0.333. The molecule has 2 N–H and O–H groups in total. The van der Waals surface area contributed by atoms with E-state index in [1.165, 1.54) is 14.0 Å². The molecule has 2 unspecified atom stereocenters. The maximum atomic E-state index is 12.4. The first-order valence-electron chi connectivity index (χ1n) is 7.97. The van der Waals surface area contributed by atoms with Gasteiger partial charge in [0, 0.05) is 0 Å². The van der Waals surface area contributed by atoms with E-state index in [1.807, 2.05) is 0 Å². The molecule has 2 rings (SSSR count). The molecule has 0 aliphatic rings. The van der Waals surface area contributed by atoms with E-state index in [-0.39, 0.29) is 16.9 Å². The highest BCUT2D eigenvalue weighted by Gasteiger charge is 2.51. The fourth-order valence-corrected chi connectivity index (χ4v) is 2.77. The zero-order chi connectivity index (χ0) is 20.2. The van der Waals surface area contributed by atoms with Crippen molar-refractivity contribution < 1.29 is 24.2 Å². The van der Waals surface area contributed by atoms with Gasteiger partial charge in [-0.2, -0.15) is 4.98 Å². The van der Waals surface area contributed by atoms with E-state index < -0.39 is 23.4 Å². The Morgan fingerprint density at radius 1 is 1.22 bits per heavy atom. The molecule has 1 aromatic heterocycles. The number of carbonyl (C=O) groups is 2. The van der Waals surface area contributed by atoms with Crippen LogP contribution in [0.2, 0.25) is 5.02 Å². The average molecular weight is 394 g/mol. The Morgan fingerprint density at radius 2 is 1.85 bits per heavy atom. The molecule has 2 aromatic rings. The van der Waals surface area contributed by atoms with Crippen molar-refractivity contribution in [2.45, 2.75) is 19.9 Å². The van der Waals surface area contributed by atoms with Crippen molar-refractivity contribution in [3.05, 3.63) is 46.6 Å². The summed E-state index contributed by atoms with van der Waals surface area (Å²) < 4.78 is 9.88. The number of anilines is 1. The SMILES string of the molecule is COC(=O)C(C)(C(=O)O)C(Nc1nc(C)c(Cl)c(OC)n1)c1ccccc1. The molecule has 0 aliphatic carbocycles. The molecule has 0 fully saturated rings. The van der Waals surface area contributed by atoms with Crippen LogP contribution in [0, 0.1) is 12.3 Å². The van der Waals surface area contributed by atoms with Gasteiger partial charge in [0.1, 0.15) is 5.02 Å². The Kier molecular flexibility index (Phi) is 6.22. The number of halogens is 1. The van der Waals surface area contributed by atoms with Crippen LogP contribution >= 0.6 is 11.6 Å². The molecule has 1 heterocycles. The predicted molar refractivity (Wildman–Crippen MR) is 98.9 cm³/mol. The summed E-state index contributed by atoms with van der Waals surface area (Å²) in [5, 5.41) is 13.0. The Bertz CT molecular complexity index is 846. The summed E-state index contributed by atoms with van der Waals surface area (Å²) in [5.74, 6) is -2.06. The first-order chi connectivity index (χ1) is 12.7. The van der Waals surface area contributed by atoms with Crippen molar-refractivity contribution in [3.63, 3.8) is 0 Å². The van der Waals surface area contributed by atoms with Crippen molar-refractivity contribution in [1.29, 1.82) is 0 Å². The standard InChI is InChI=1S/C18H20ClN3O5/c1-10-12(19)14(26-3)22-17(20-10)21-13(11-8-6-5-7-9-11)18(2,15(23)24)16(25)27-4/h5-9,13H,1-4H3,(H,23,24)(H,20,21,22). The molecular formula is C18H20ClN3O5. The number of carboxylic acid groups (broad SMARTS) is 1. The minimum atomic E-state index is -1.94. The molecule has 144 valence electrons. The Hall–Kier alpha value is -2.87. The minimum Gasteiger partial charge on any atom is -0.480 e. The Morgan fingerprint density at radius 3 is 2.37 bits per heavy atom. The zero-order valence-electron chi connectivity index (χ0n) is 15.3. The van der Waals surface area contributed by atoms with Gasteiger partial charge in [0.15, 0.2) is 5.41 Å².